The number of amides is 1. The van der Waals surface area contributed by atoms with Crippen LogP contribution in [0.1, 0.15) is 23.6 Å². The van der Waals surface area contributed by atoms with Gasteiger partial charge in [0.1, 0.15) is 5.75 Å². The standard InChI is InChI=1S/C18H15ClN2O4/c19-15-4-2-1-3-14(15)16(9-18(23)24)21-17(22)11-25-13-7-5-12(10-20)6-8-13/h1-8,16H,9,11H2,(H,21,22)(H,23,24)/t16-/m1/s1. The monoisotopic (exact) mass is 358 g/mol. The molecule has 7 heteroatoms. The van der Waals surface area contributed by atoms with Crippen LogP contribution in [0.15, 0.2) is 48.5 Å². The zero-order valence-corrected chi connectivity index (χ0v) is 13.9. The normalized spacial score (nSPS) is 11.2. The number of carboxylic acid groups (broad SMARTS) is 1. The van der Waals surface area contributed by atoms with E-state index < -0.39 is 17.9 Å². The van der Waals surface area contributed by atoms with Gasteiger partial charge in [0.25, 0.3) is 5.91 Å². The van der Waals surface area contributed by atoms with Gasteiger partial charge >= 0.3 is 5.97 Å². The summed E-state index contributed by atoms with van der Waals surface area (Å²) in [4.78, 5) is 23.2. The summed E-state index contributed by atoms with van der Waals surface area (Å²) in [7, 11) is 0. The summed E-state index contributed by atoms with van der Waals surface area (Å²) in [6.45, 7) is -0.285. The maximum Gasteiger partial charge on any atom is 0.305 e. The Labute approximate surface area is 149 Å². The van der Waals surface area contributed by atoms with Gasteiger partial charge < -0.3 is 15.2 Å². The number of carbonyl (C=O) groups is 2. The minimum Gasteiger partial charge on any atom is -0.484 e. The molecule has 0 spiro atoms. The maximum absolute atomic E-state index is 12.1. The van der Waals surface area contributed by atoms with E-state index in [9.17, 15) is 9.59 Å². The molecule has 2 N–H and O–H groups in total. The number of carbonyl (C=O) groups excluding carboxylic acids is 1. The molecule has 0 fully saturated rings. The summed E-state index contributed by atoms with van der Waals surface area (Å²) in [5.74, 6) is -1.10. The molecular formula is C18H15ClN2O4. The van der Waals surface area contributed by atoms with Gasteiger partial charge in [0.2, 0.25) is 0 Å². The first kappa shape index (κ1) is 18.3. The van der Waals surface area contributed by atoms with Crippen molar-refractivity contribution in [3.05, 3.63) is 64.7 Å². The van der Waals surface area contributed by atoms with Crippen LogP contribution in [0.2, 0.25) is 5.02 Å². The summed E-state index contributed by atoms with van der Waals surface area (Å²) < 4.78 is 5.34. The number of halogens is 1. The lowest BCUT2D eigenvalue weighted by atomic mass is 10.0. The lowest BCUT2D eigenvalue weighted by Gasteiger charge is -2.18. The van der Waals surface area contributed by atoms with Crippen LogP contribution in [-0.2, 0) is 9.59 Å². The third-order valence-corrected chi connectivity index (χ3v) is 3.69. The molecule has 2 aromatic carbocycles. The Morgan fingerprint density at radius 2 is 1.88 bits per heavy atom. The number of benzene rings is 2. The average molecular weight is 359 g/mol. The number of rotatable bonds is 7. The van der Waals surface area contributed by atoms with Crippen LogP contribution >= 0.6 is 11.6 Å². The lowest BCUT2D eigenvalue weighted by Crippen LogP contribution is -2.34. The molecule has 0 saturated heterocycles. The van der Waals surface area contributed by atoms with Gasteiger partial charge in [-0.1, -0.05) is 29.8 Å². The molecule has 0 bridgehead atoms. The van der Waals surface area contributed by atoms with E-state index in [4.69, 9.17) is 26.7 Å². The van der Waals surface area contributed by atoms with Gasteiger partial charge in [-0.2, -0.15) is 5.26 Å². The van der Waals surface area contributed by atoms with Gasteiger partial charge in [-0.25, -0.2) is 0 Å². The second kappa shape index (κ2) is 8.71. The van der Waals surface area contributed by atoms with E-state index in [0.717, 1.165) is 0 Å². The molecule has 0 aromatic heterocycles. The van der Waals surface area contributed by atoms with Crippen molar-refractivity contribution in [3.8, 4) is 11.8 Å². The predicted octanol–water partition coefficient (Wildman–Crippen LogP) is 2.92. The average Bonchev–Trinajstić information content (AvgIpc) is 2.60. The molecule has 6 nitrogen and oxygen atoms in total. The molecule has 0 aliphatic heterocycles. The second-order valence-electron chi connectivity index (χ2n) is 5.16. The molecule has 2 rings (SSSR count). The molecule has 0 aliphatic carbocycles. The summed E-state index contributed by atoms with van der Waals surface area (Å²) in [6, 6.07) is 14.3. The van der Waals surface area contributed by atoms with Crippen molar-refractivity contribution in [1.29, 1.82) is 5.26 Å². The Morgan fingerprint density at radius 3 is 2.48 bits per heavy atom. The first-order chi connectivity index (χ1) is 12.0. The van der Waals surface area contributed by atoms with Crippen LogP contribution < -0.4 is 10.1 Å². The molecule has 0 heterocycles. The van der Waals surface area contributed by atoms with Crippen LogP contribution in [0.4, 0.5) is 0 Å². The van der Waals surface area contributed by atoms with Crippen LogP contribution in [0.5, 0.6) is 5.75 Å². The number of nitrogens with one attached hydrogen (secondary N) is 1. The van der Waals surface area contributed by atoms with Crippen LogP contribution in [0.25, 0.3) is 0 Å². The molecule has 128 valence electrons. The third kappa shape index (κ3) is 5.52. The zero-order valence-electron chi connectivity index (χ0n) is 13.1. The summed E-state index contributed by atoms with van der Waals surface area (Å²) in [6.07, 6.45) is -0.299. The van der Waals surface area contributed by atoms with Gasteiger partial charge in [-0.05, 0) is 35.9 Å². The zero-order chi connectivity index (χ0) is 18.2. The molecule has 0 radical (unpaired) electrons. The Bertz CT molecular complexity index is 799. The van der Waals surface area contributed by atoms with Gasteiger partial charge in [0.05, 0.1) is 24.1 Å². The fraction of sp³-hybridized carbons (Fsp3) is 0.167. The lowest BCUT2D eigenvalue weighted by molar-refractivity contribution is -0.137. The fourth-order valence-corrected chi connectivity index (χ4v) is 2.45. The van der Waals surface area contributed by atoms with Crippen molar-refractivity contribution in [2.45, 2.75) is 12.5 Å². The highest BCUT2D eigenvalue weighted by Crippen LogP contribution is 2.25. The van der Waals surface area contributed by atoms with E-state index in [1.165, 1.54) is 0 Å². The largest absolute Gasteiger partial charge is 0.484 e. The molecule has 0 aliphatic rings. The van der Waals surface area contributed by atoms with Gasteiger partial charge in [-0.3, -0.25) is 9.59 Å². The summed E-state index contributed by atoms with van der Waals surface area (Å²) >= 11 is 6.09. The number of aliphatic carboxylic acids is 1. The number of hydrogen-bond acceptors (Lipinski definition) is 4. The van der Waals surface area contributed by atoms with Crippen molar-refractivity contribution in [1.82, 2.24) is 5.32 Å². The minimum atomic E-state index is -1.06. The Hall–Kier alpha value is -3.04. The number of nitriles is 1. The number of ether oxygens (including phenoxy) is 1. The SMILES string of the molecule is N#Cc1ccc(OCC(=O)N[C@H](CC(=O)O)c2ccccc2Cl)cc1. The van der Waals surface area contributed by atoms with Gasteiger partial charge in [0.15, 0.2) is 6.61 Å². The Kier molecular flexibility index (Phi) is 6.38. The van der Waals surface area contributed by atoms with Crippen LogP contribution in [0.3, 0.4) is 0 Å². The molecule has 25 heavy (non-hydrogen) atoms. The van der Waals surface area contributed by atoms with E-state index in [-0.39, 0.29) is 13.0 Å². The van der Waals surface area contributed by atoms with E-state index >= 15 is 0 Å². The number of carboxylic acids is 1. The van der Waals surface area contributed by atoms with Crippen molar-refractivity contribution < 1.29 is 19.4 Å². The predicted molar refractivity (Wildman–Crippen MR) is 91.2 cm³/mol. The number of hydrogen-bond donors (Lipinski definition) is 2. The minimum absolute atomic E-state index is 0.285. The van der Waals surface area contributed by atoms with Crippen molar-refractivity contribution in [2.75, 3.05) is 6.61 Å². The van der Waals surface area contributed by atoms with Crippen LogP contribution in [-0.4, -0.2) is 23.6 Å². The Morgan fingerprint density at radius 1 is 1.20 bits per heavy atom. The van der Waals surface area contributed by atoms with Crippen molar-refractivity contribution >= 4 is 23.5 Å². The molecule has 2 aromatic rings. The quantitative estimate of drug-likeness (QED) is 0.792. The van der Waals surface area contributed by atoms with Gasteiger partial charge in [0, 0.05) is 5.02 Å². The first-order valence-corrected chi connectivity index (χ1v) is 7.76. The first-order valence-electron chi connectivity index (χ1n) is 7.38. The number of nitrogens with zero attached hydrogens (tertiary/aromatic N) is 1. The maximum atomic E-state index is 12.1. The summed E-state index contributed by atoms with van der Waals surface area (Å²) in [5.41, 5.74) is 1.01. The highest BCUT2D eigenvalue weighted by molar-refractivity contribution is 6.31. The molecule has 1 amide bonds. The van der Waals surface area contributed by atoms with Crippen molar-refractivity contribution in [3.63, 3.8) is 0 Å². The fourth-order valence-electron chi connectivity index (χ4n) is 2.18. The highest BCUT2D eigenvalue weighted by atomic mass is 35.5. The smallest absolute Gasteiger partial charge is 0.305 e. The topological polar surface area (TPSA) is 99.4 Å². The molecule has 0 unspecified atom stereocenters. The highest BCUT2D eigenvalue weighted by Gasteiger charge is 2.20. The second-order valence-corrected chi connectivity index (χ2v) is 5.57. The third-order valence-electron chi connectivity index (χ3n) is 3.35. The Balaban J connectivity index is 2.00. The summed E-state index contributed by atoms with van der Waals surface area (Å²) in [5, 5.41) is 20.8. The van der Waals surface area contributed by atoms with Crippen LogP contribution in [0, 0.1) is 11.3 Å². The van der Waals surface area contributed by atoms with Gasteiger partial charge in [-0.15, -0.1) is 0 Å². The van der Waals surface area contributed by atoms with E-state index in [0.29, 0.717) is 21.9 Å². The van der Waals surface area contributed by atoms with E-state index in [2.05, 4.69) is 5.32 Å². The molecule has 0 saturated carbocycles. The van der Waals surface area contributed by atoms with E-state index in [1.807, 2.05) is 6.07 Å². The van der Waals surface area contributed by atoms with E-state index in [1.54, 1.807) is 48.5 Å². The van der Waals surface area contributed by atoms with Crippen molar-refractivity contribution in [2.24, 2.45) is 0 Å². The molecular weight excluding hydrogens is 344 g/mol. The molecule has 1 atom stereocenters.